The standard InChI is InChI=1S/C43H58ClN3O4Si/c1-42(2,3)52(5,6)51-40(31-11-7-10-29(22-31)23-39-45-20-9-21-46-39)35-16-13-33(35)26-47-27-43(19-8-12-30-24-34(44)15-17-36(30)43)28-50-38-18-14-32(25-37(38)47)41(48)49-4/h9,14-15,17-18,20-21,24-25,29,31,33,35,40H,7-8,10-13,16,19,22-23,26-28H2,1-6H3/t29-,31-,33+,35-,40-,43+/m1/s1. The Labute approximate surface area is 317 Å². The van der Waals surface area contributed by atoms with Crippen molar-refractivity contribution >= 4 is 31.6 Å². The van der Waals surface area contributed by atoms with Crippen molar-refractivity contribution in [1.82, 2.24) is 9.97 Å². The van der Waals surface area contributed by atoms with Gasteiger partial charge in [-0.3, -0.25) is 0 Å². The Morgan fingerprint density at radius 1 is 1.08 bits per heavy atom. The minimum Gasteiger partial charge on any atom is -0.490 e. The maximum atomic E-state index is 12.8. The number of halogens is 1. The zero-order chi connectivity index (χ0) is 36.7. The molecule has 280 valence electrons. The molecule has 2 fully saturated rings. The summed E-state index contributed by atoms with van der Waals surface area (Å²) in [6.07, 6.45) is 15.3. The van der Waals surface area contributed by atoms with Crippen molar-refractivity contribution in [3.05, 3.63) is 82.4 Å². The van der Waals surface area contributed by atoms with E-state index in [1.807, 2.05) is 42.7 Å². The van der Waals surface area contributed by atoms with Crippen LogP contribution in [0, 0.1) is 23.7 Å². The van der Waals surface area contributed by atoms with Gasteiger partial charge in [0.05, 0.1) is 31.1 Å². The minimum atomic E-state index is -2.06. The first-order chi connectivity index (χ1) is 24.9. The van der Waals surface area contributed by atoms with Gasteiger partial charge in [0.1, 0.15) is 11.6 Å². The van der Waals surface area contributed by atoms with E-state index in [0.717, 1.165) is 61.1 Å². The summed E-state index contributed by atoms with van der Waals surface area (Å²) in [5, 5.41) is 0.922. The van der Waals surface area contributed by atoms with Crippen LogP contribution in [0.3, 0.4) is 0 Å². The van der Waals surface area contributed by atoms with Gasteiger partial charge in [-0.15, -0.1) is 0 Å². The first kappa shape index (κ1) is 37.4. The van der Waals surface area contributed by atoms with Crippen LogP contribution in [0.25, 0.3) is 0 Å². The molecule has 4 aliphatic rings. The zero-order valence-electron chi connectivity index (χ0n) is 32.1. The molecule has 1 aliphatic heterocycles. The summed E-state index contributed by atoms with van der Waals surface area (Å²) < 4.78 is 19.5. The molecule has 7 nitrogen and oxygen atoms in total. The molecule has 0 N–H and O–H groups in total. The van der Waals surface area contributed by atoms with Gasteiger partial charge in [0.25, 0.3) is 0 Å². The number of benzene rings is 2. The predicted molar refractivity (Wildman–Crippen MR) is 211 cm³/mol. The molecule has 0 amide bonds. The van der Waals surface area contributed by atoms with E-state index in [2.05, 4.69) is 60.9 Å². The van der Waals surface area contributed by atoms with E-state index in [0.29, 0.717) is 35.8 Å². The number of fused-ring (bicyclic) bond motifs is 3. The fraction of sp³-hybridized carbons (Fsp3) is 0.605. The summed E-state index contributed by atoms with van der Waals surface area (Å²) in [7, 11) is -0.612. The van der Waals surface area contributed by atoms with Crippen molar-refractivity contribution < 1.29 is 18.7 Å². The maximum absolute atomic E-state index is 12.8. The number of carbonyl (C=O) groups is 1. The normalized spacial score (nSPS) is 26.7. The van der Waals surface area contributed by atoms with Crippen molar-refractivity contribution in [2.75, 3.05) is 31.7 Å². The van der Waals surface area contributed by atoms with Crippen LogP contribution in [0.15, 0.2) is 54.9 Å². The molecular weight excluding hydrogens is 686 g/mol. The smallest absolute Gasteiger partial charge is 0.337 e. The number of ether oxygens (including phenoxy) is 2. The number of hydrogen-bond donors (Lipinski definition) is 0. The fourth-order valence-corrected chi connectivity index (χ4v) is 11.1. The molecule has 3 aliphatic carbocycles. The van der Waals surface area contributed by atoms with Gasteiger partial charge in [0, 0.05) is 42.3 Å². The highest BCUT2D eigenvalue weighted by Gasteiger charge is 2.49. The van der Waals surface area contributed by atoms with Gasteiger partial charge in [0.15, 0.2) is 8.32 Å². The topological polar surface area (TPSA) is 73.8 Å². The highest BCUT2D eigenvalue weighted by atomic mass is 35.5. The average molecular weight is 744 g/mol. The molecule has 1 aromatic heterocycles. The number of nitrogens with zero attached hydrogens (tertiary/aromatic N) is 3. The molecule has 0 saturated heterocycles. The van der Waals surface area contributed by atoms with Crippen LogP contribution in [-0.4, -0.2) is 57.2 Å². The van der Waals surface area contributed by atoms with Crippen LogP contribution in [0.5, 0.6) is 5.75 Å². The van der Waals surface area contributed by atoms with Crippen molar-refractivity contribution in [1.29, 1.82) is 0 Å². The third-order valence-electron chi connectivity index (χ3n) is 13.4. The summed E-state index contributed by atoms with van der Waals surface area (Å²) in [6.45, 7) is 14.3. The third kappa shape index (κ3) is 7.67. The number of aromatic nitrogens is 2. The Bertz CT molecular complexity index is 1730. The van der Waals surface area contributed by atoms with Crippen molar-refractivity contribution in [3.8, 4) is 5.75 Å². The molecule has 0 unspecified atom stereocenters. The van der Waals surface area contributed by atoms with E-state index in [4.69, 9.17) is 25.5 Å². The number of anilines is 1. The molecule has 3 aromatic rings. The van der Waals surface area contributed by atoms with Crippen LogP contribution >= 0.6 is 11.6 Å². The lowest BCUT2D eigenvalue weighted by Crippen LogP contribution is -2.54. The summed E-state index contributed by atoms with van der Waals surface area (Å²) in [5.74, 6) is 3.55. The van der Waals surface area contributed by atoms with E-state index in [-0.39, 0.29) is 22.5 Å². The Hall–Kier alpha value is -2.94. The lowest BCUT2D eigenvalue weighted by Gasteiger charge is -2.52. The van der Waals surface area contributed by atoms with Crippen molar-refractivity contribution in [3.63, 3.8) is 0 Å². The van der Waals surface area contributed by atoms with Crippen molar-refractivity contribution in [2.45, 2.75) is 115 Å². The van der Waals surface area contributed by atoms with Gasteiger partial charge in [-0.1, -0.05) is 44.9 Å². The van der Waals surface area contributed by atoms with Crippen LogP contribution in [0.4, 0.5) is 5.69 Å². The minimum absolute atomic E-state index is 0.130. The van der Waals surface area contributed by atoms with Crippen LogP contribution in [0.2, 0.25) is 23.2 Å². The second-order valence-electron chi connectivity index (χ2n) is 17.8. The van der Waals surface area contributed by atoms with Gasteiger partial charge in [-0.05, 0) is 141 Å². The summed E-state index contributed by atoms with van der Waals surface area (Å²) in [4.78, 5) is 24.6. The van der Waals surface area contributed by atoms with E-state index >= 15 is 0 Å². The Kier molecular flexibility index (Phi) is 10.8. The Morgan fingerprint density at radius 2 is 1.88 bits per heavy atom. The number of hydrogen-bond acceptors (Lipinski definition) is 7. The Balaban J connectivity index is 1.20. The van der Waals surface area contributed by atoms with Gasteiger partial charge >= 0.3 is 5.97 Å². The number of esters is 1. The van der Waals surface area contributed by atoms with Gasteiger partial charge in [0.2, 0.25) is 0 Å². The number of carbonyl (C=O) groups excluding carboxylic acids is 1. The molecule has 6 atom stereocenters. The number of methoxy groups -OCH3 is 1. The molecule has 2 heterocycles. The summed E-state index contributed by atoms with van der Waals surface area (Å²) in [5.41, 5.74) is 4.07. The van der Waals surface area contributed by atoms with E-state index in [1.165, 1.54) is 56.8 Å². The number of aryl methyl sites for hydroxylation is 1. The largest absolute Gasteiger partial charge is 0.490 e. The van der Waals surface area contributed by atoms with Crippen LogP contribution in [0.1, 0.15) is 99.4 Å². The second kappa shape index (κ2) is 15.1. The third-order valence-corrected chi connectivity index (χ3v) is 18.1. The van der Waals surface area contributed by atoms with Crippen molar-refractivity contribution in [2.24, 2.45) is 23.7 Å². The molecular formula is C43H58ClN3O4Si. The molecule has 0 radical (unpaired) electrons. The fourth-order valence-electron chi connectivity index (χ4n) is 9.46. The van der Waals surface area contributed by atoms with E-state index < -0.39 is 8.32 Å². The van der Waals surface area contributed by atoms with E-state index in [9.17, 15) is 4.79 Å². The molecule has 7 rings (SSSR count). The molecule has 1 spiro atoms. The van der Waals surface area contributed by atoms with E-state index in [1.54, 1.807) is 0 Å². The summed E-state index contributed by atoms with van der Waals surface area (Å²) in [6, 6.07) is 14.1. The first-order valence-corrected chi connectivity index (χ1v) is 23.0. The summed E-state index contributed by atoms with van der Waals surface area (Å²) >= 11 is 6.53. The average Bonchev–Trinajstić information content (AvgIpc) is 3.26. The monoisotopic (exact) mass is 743 g/mol. The quantitative estimate of drug-likeness (QED) is 0.160. The Morgan fingerprint density at radius 3 is 2.62 bits per heavy atom. The maximum Gasteiger partial charge on any atom is 0.337 e. The van der Waals surface area contributed by atoms with Gasteiger partial charge in [-0.2, -0.15) is 0 Å². The molecule has 52 heavy (non-hydrogen) atoms. The van der Waals surface area contributed by atoms with Gasteiger partial charge < -0.3 is 18.8 Å². The molecule has 2 aromatic carbocycles. The first-order valence-electron chi connectivity index (χ1n) is 19.7. The highest BCUT2D eigenvalue weighted by Crippen LogP contribution is 2.51. The number of rotatable bonds is 9. The predicted octanol–water partition coefficient (Wildman–Crippen LogP) is 9.86. The van der Waals surface area contributed by atoms with Crippen LogP contribution < -0.4 is 9.64 Å². The lowest BCUT2D eigenvalue weighted by molar-refractivity contribution is -0.0295. The van der Waals surface area contributed by atoms with Crippen LogP contribution in [-0.2, 0) is 27.4 Å². The second-order valence-corrected chi connectivity index (χ2v) is 23.0. The molecule has 9 heteroatoms. The molecule has 2 saturated carbocycles. The molecule has 0 bridgehead atoms. The van der Waals surface area contributed by atoms with Gasteiger partial charge in [-0.25, -0.2) is 14.8 Å². The highest BCUT2D eigenvalue weighted by molar-refractivity contribution is 6.74. The SMILES string of the molecule is COC(=O)c1ccc2c(c1)N(C[C@@H]1CC[C@H]1[C@H](O[Si](C)(C)C(C)(C)C)[C@@H]1CCC[C@@H](Cc3ncccn3)C1)C[C@@]1(CCCc3cc(Cl)ccc31)CO2. The zero-order valence-corrected chi connectivity index (χ0v) is 33.9. The lowest BCUT2D eigenvalue weighted by atomic mass is 9.64.